The lowest BCUT2D eigenvalue weighted by molar-refractivity contribution is -0.128. The van der Waals surface area contributed by atoms with Crippen LogP contribution >= 0.6 is 11.6 Å². The van der Waals surface area contributed by atoms with Gasteiger partial charge in [0.25, 0.3) is 0 Å². The van der Waals surface area contributed by atoms with E-state index in [2.05, 4.69) is 21.4 Å². The summed E-state index contributed by atoms with van der Waals surface area (Å²) in [4.78, 5) is 30.7. The topological polar surface area (TPSA) is 66.2 Å². The number of carbonyl (C=O) groups is 1. The molecule has 1 amide bonds. The molecule has 8 nitrogen and oxygen atoms in total. The fraction of sp³-hybridized carbons (Fsp3) is 0.333. The van der Waals surface area contributed by atoms with Gasteiger partial charge in [0.15, 0.2) is 0 Å². The van der Waals surface area contributed by atoms with Gasteiger partial charge in [-0.05, 0) is 48.7 Å². The Labute approximate surface area is 263 Å². The number of benzene rings is 3. The van der Waals surface area contributed by atoms with Crippen LogP contribution in [0.4, 0.5) is 19.0 Å². The highest BCUT2D eigenvalue weighted by Gasteiger charge is 2.34. The summed E-state index contributed by atoms with van der Waals surface area (Å²) in [7, 11) is 1.83. The van der Waals surface area contributed by atoms with Crippen molar-refractivity contribution in [2.45, 2.75) is 24.7 Å². The van der Waals surface area contributed by atoms with Crippen molar-refractivity contribution < 1.29 is 22.7 Å². The molecule has 0 bridgehead atoms. The second-order valence-electron chi connectivity index (χ2n) is 11.4. The van der Waals surface area contributed by atoms with Gasteiger partial charge >= 0.3 is 6.01 Å². The number of amides is 1. The summed E-state index contributed by atoms with van der Waals surface area (Å²) in [5, 5.41) is 1.31. The minimum absolute atomic E-state index is 0.0269. The maximum atomic E-state index is 16.1. The van der Waals surface area contributed by atoms with Crippen molar-refractivity contribution in [3.63, 3.8) is 0 Å². The number of piperazine rings is 1. The number of likely N-dealkylation sites (tertiary alicyclic amines) is 1. The molecule has 0 radical (unpaired) electrons. The molecule has 2 aliphatic heterocycles. The van der Waals surface area contributed by atoms with Crippen LogP contribution in [0, 0.1) is 18.2 Å². The first-order chi connectivity index (χ1) is 21.7. The Morgan fingerprint density at radius 2 is 1.96 bits per heavy atom. The van der Waals surface area contributed by atoms with Gasteiger partial charge < -0.3 is 19.4 Å². The third kappa shape index (κ3) is 5.88. The maximum Gasteiger partial charge on any atom is 0.319 e. The number of halogens is 4. The Kier molecular flexibility index (Phi) is 8.53. The van der Waals surface area contributed by atoms with Gasteiger partial charge in [0.05, 0.1) is 10.5 Å². The molecule has 0 aliphatic carbocycles. The van der Waals surface area contributed by atoms with Gasteiger partial charge in [-0.15, -0.1) is 0 Å². The van der Waals surface area contributed by atoms with Crippen LogP contribution in [-0.2, 0) is 4.79 Å². The monoisotopic (exact) mass is 634 g/mol. The minimum Gasteiger partial charge on any atom is -0.462 e. The molecule has 2 saturated heterocycles. The zero-order chi connectivity index (χ0) is 31.8. The van der Waals surface area contributed by atoms with Crippen LogP contribution in [-0.4, -0.2) is 90.3 Å². The highest BCUT2D eigenvalue weighted by molar-refractivity contribution is 6.37. The van der Waals surface area contributed by atoms with E-state index in [4.69, 9.17) is 22.9 Å². The van der Waals surface area contributed by atoms with E-state index in [9.17, 15) is 13.6 Å². The molecule has 0 unspecified atom stereocenters. The Morgan fingerprint density at radius 1 is 1.13 bits per heavy atom. The highest BCUT2D eigenvalue weighted by Crippen LogP contribution is 2.39. The zero-order valence-electron chi connectivity index (χ0n) is 24.5. The summed E-state index contributed by atoms with van der Waals surface area (Å²) < 4.78 is 50.6. The molecule has 1 aromatic heterocycles. The average Bonchev–Trinajstić information content (AvgIpc) is 3.36. The van der Waals surface area contributed by atoms with Gasteiger partial charge in [-0.3, -0.25) is 9.69 Å². The van der Waals surface area contributed by atoms with Crippen molar-refractivity contribution in [3.8, 4) is 17.1 Å². The number of fused-ring (bicyclic) bond motifs is 2. The summed E-state index contributed by atoms with van der Waals surface area (Å²) in [5.74, 6) is -1.10. The predicted molar refractivity (Wildman–Crippen MR) is 168 cm³/mol. The largest absolute Gasteiger partial charge is 0.462 e. The van der Waals surface area contributed by atoms with Gasteiger partial charge in [0.1, 0.15) is 36.3 Å². The molecule has 232 valence electrons. The summed E-state index contributed by atoms with van der Waals surface area (Å²) >= 11 is 6.38. The molecular formula is C33H30ClF3N6O2. The van der Waals surface area contributed by atoms with Gasteiger partial charge in [-0.1, -0.05) is 42.4 Å². The number of likely N-dealkylation sites (N-methyl/N-ethyl adjacent to an activating group) is 1. The molecule has 12 heteroatoms. The zero-order valence-corrected chi connectivity index (χ0v) is 25.3. The molecular weight excluding hydrogens is 605 g/mol. The normalized spacial score (nSPS) is 20.5. The van der Waals surface area contributed by atoms with Crippen molar-refractivity contribution in [1.82, 2.24) is 19.8 Å². The van der Waals surface area contributed by atoms with Gasteiger partial charge in [-0.25, -0.2) is 19.7 Å². The Morgan fingerprint density at radius 3 is 2.69 bits per heavy atom. The van der Waals surface area contributed by atoms with E-state index in [0.717, 1.165) is 0 Å². The van der Waals surface area contributed by atoms with Crippen molar-refractivity contribution in [1.29, 1.82) is 0 Å². The molecule has 45 heavy (non-hydrogen) atoms. The van der Waals surface area contributed by atoms with Crippen LogP contribution in [0.1, 0.15) is 6.42 Å². The number of hydrogen-bond donors (Lipinski definition) is 0. The SMILES string of the molecule is [C-]#[N+]C[C@H]1CN(c2nc(OC[C@@H]3C[C@@H](F)CN3C)nc3cc(-c4cccc5ccc(F)c(Cl)c45)c(F)cc23)CCN1C(=O)C=C. The Bertz CT molecular complexity index is 1850. The average molecular weight is 635 g/mol. The second kappa shape index (κ2) is 12.5. The smallest absolute Gasteiger partial charge is 0.319 e. The lowest BCUT2D eigenvalue weighted by atomic mass is 9.96. The first-order valence-electron chi connectivity index (χ1n) is 14.5. The summed E-state index contributed by atoms with van der Waals surface area (Å²) in [6, 6.07) is 10.4. The first kappa shape index (κ1) is 30.6. The number of rotatable bonds is 7. The summed E-state index contributed by atoms with van der Waals surface area (Å²) in [6.07, 6.45) is 0.596. The quantitative estimate of drug-likeness (QED) is 0.186. The molecule has 3 heterocycles. The fourth-order valence-corrected chi connectivity index (χ4v) is 6.53. The van der Waals surface area contributed by atoms with E-state index >= 15 is 4.39 Å². The molecule has 3 atom stereocenters. The van der Waals surface area contributed by atoms with E-state index in [-0.39, 0.29) is 48.2 Å². The van der Waals surface area contributed by atoms with Gasteiger partial charge in [0, 0.05) is 48.6 Å². The Hall–Kier alpha value is -4.40. The molecule has 0 saturated carbocycles. The van der Waals surface area contributed by atoms with E-state index in [0.29, 0.717) is 59.1 Å². The fourth-order valence-electron chi connectivity index (χ4n) is 6.25. The van der Waals surface area contributed by atoms with Crippen LogP contribution in [0.2, 0.25) is 5.02 Å². The molecule has 0 N–H and O–H groups in total. The first-order valence-corrected chi connectivity index (χ1v) is 14.9. The lowest BCUT2D eigenvalue weighted by Crippen LogP contribution is -2.56. The second-order valence-corrected chi connectivity index (χ2v) is 11.7. The van der Waals surface area contributed by atoms with E-state index in [1.165, 1.54) is 18.2 Å². The molecule has 3 aromatic carbocycles. The third-order valence-corrected chi connectivity index (χ3v) is 8.92. The van der Waals surface area contributed by atoms with Crippen LogP contribution in [0.25, 0.3) is 37.6 Å². The summed E-state index contributed by atoms with van der Waals surface area (Å²) in [6.45, 7) is 12.5. The number of nitrogens with zero attached hydrogens (tertiary/aromatic N) is 6. The molecule has 2 aliphatic rings. The number of anilines is 1. The molecule has 0 spiro atoms. The maximum absolute atomic E-state index is 16.1. The van der Waals surface area contributed by atoms with Crippen molar-refractivity contribution >= 4 is 45.0 Å². The summed E-state index contributed by atoms with van der Waals surface area (Å²) in [5.41, 5.74) is 0.930. The van der Waals surface area contributed by atoms with Gasteiger partial charge in [-0.2, -0.15) is 9.97 Å². The number of carbonyl (C=O) groups excluding carboxylic acids is 1. The number of alkyl halides is 1. The Balaban J connectivity index is 1.46. The van der Waals surface area contributed by atoms with Crippen LogP contribution in [0.15, 0.2) is 55.1 Å². The highest BCUT2D eigenvalue weighted by atomic mass is 35.5. The van der Waals surface area contributed by atoms with Crippen molar-refractivity contribution in [2.75, 3.05) is 51.3 Å². The van der Waals surface area contributed by atoms with E-state index < -0.39 is 23.8 Å². The van der Waals surface area contributed by atoms with E-state index in [1.54, 1.807) is 35.2 Å². The number of ether oxygens (including phenoxy) is 1. The molecule has 2 fully saturated rings. The van der Waals surface area contributed by atoms with E-state index in [1.807, 2.05) is 16.8 Å². The molecule has 4 aromatic rings. The van der Waals surface area contributed by atoms with Crippen LogP contribution in [0.5, 0.6) is 6.01 Å². The van der Waals surface area contributed by atoms with Gasteiger partial charge in [0.2, 0.25) is 12.5 Å². The number of aromatic nitrogens is 2. The molecule has 6 rings (SSSR count). The van der Waals surface area contributed by atoms with Crippen LogP contribution in [0.3, 0.4) is 0 Å². The van der Waals surface area contributed by atoms with Crippen LogP contribution < -0.4 is 9.64 Å². The van der Waals surface area contributed by atoms with Crippen molar-refractivity contribution in [2.24, 2.45) is 0 Å². The minimum atomic E-state index is -0.950. The lowest BCUT2D eigenvalue weighted by Gasteiger charge is -2.39. The van der Waals surface area contributed by atoms with Crippen molar-refractivity contribution in [3.05, 3.63) is 83.2 Å². The predicted octanol–water partition coefficient (Wildman–Crippen LogP) is 5.93. The third-order valence-electron chi connectivity index (χ3n) is 8.55. The standard InChI is InChI=1S/C33H30ClF3N6O2/c1-4-29(44)43-11-10-42(17-22(43)15-38-2)32-25-13-27(37)24(23-7-5-6-19-8-9-26(36)31(34)30(19)23)14-28(25)39-33(40-32)45-18-21-12-20(35)16-41(21)3/h4-9,13-14,20-22H,1,10-12,15-18H2,3H3/t20-,21+,22+/m1/s1. The number of hydrogen-bond acceptors (Lipinski definition) is 6.